The third-order valence-electron chi connectivity index (χ3n) is 3.26. The van der Waals surface area contributed by atoms with Gasteiger partial charge in [-0.3, -0.25) is 0 Å². The first-order valence-corrected chi connectivity index (χ1v) is 4.74. The largest absolute Gasteiger partial charge is 0.393 e. The van der Waals surface area contributed by atoms with Gasteiger partial charge in [0, 0.05) is 24.5 Å². The van der Waals surface area contributed by atoms with Crippen LogP contribution in [-0.2, 0) is 0 Å². The van der Waals surface area contributed by atoms with Gasteiger partial charge in [-0.2, -0.15) is 0 Å². The topological polar surface area (TPSA) is 23.5 Å². The first kappa shape index (κ1) is 7.94. The SMILES string of the molecule is C#CN1CC[C@@H]2[C@H]1CCC[C@@H]2O. The van der Waals surface area contributed by atoms with E-state index in [0.29, 0.717) is 12.0 Å². The van der Waals surface area contributed by atoms with E-state index in [1.807, 2.05) is 0 Å². The number of likely N-dealkylation sites (tertiary alicyclic amines) is 1. The molecule has 0 bridgehead atoms. The number of aliphatic hydroxyl groups is 1. The highest BCUT2D eigenvalue weighted by Crippen LogP contribution is 2.35. The lowest BCUT2D eigenvalue weighted by Gasteiger charge is -2.32. The fraction of sp³-hybridized carbons (Fsp3) is 0.800. The smallest absolute Gasteiger partial charge is 0.0589 e. The predicted octanol–water partition coefficient (Wildman–Crippen LogP) is 0.812. The molecule has 0 aromatic heterocycles. The first-order chi connectivity index (χ1) is 5.83. The molecular formula is C10H15NO. The molecule has 3 atom stereocenters. The van der Waals surface area contributed by atoms with Crippen LogP contribution in [0.25, 0.3) is 0 Å². The average molecular weight is 165 g/mol. The molecule has 1 saturated heterocycles. The summed E-state index contributed by atoms with van der Waals surface area (Å²) < 4.78 is 0. The Hall–Kier alpha value is -0.680. The van der Waals surface area contributed by atoms with Crippen molar-refractivity contribution in [2.24, 2.45) is 5.92 Å². The zero-order chi connectivity index (χ0) is 8.55. The third-order valence-corrected chi connectivity index (χ3v) is 3.26. The van der Waals surface area contributed by atoms with Crippen molar-refractivity contribution in [1.29, 1.82) is 0 Å². The van der Waals surface area contributed by atoms with Crippen molar-refractivity contribution in [1.82, 2.24) is 4.90 Å². The summed E-state index contributed by atoms with van der Waals surface area (Å²) in [6.45, 7) is 0.975. The highest BCUT2D eigenvalue weighted by molar-refractivity contribution is 5.01. The molecule has 0 spiro atoms. The molecule has 1 heterocycles. The number of fused-ring (bicyclic) bond motifs is 1. The molecule has 66 valence electrons. The maximum Gasteiger partial charge on any atom is 0.0589 e. The Morgan fingerprint density at radius 2 is 2.17 bits per heavy atom. The number of hydrogen-bond donors (Lipinski definition) is 1. The van der Waals surface area contributed by atoms with Gasteiger partial charge < -0.3 is 10.0 Å². The molecule has 2 aliphatic rings. The second-order valence-corrected chi connectivity index (χ2v) is 3.84. The Balaban J connectivity index is 2.10. The Morgan fingerprint density at radius 1 is 1.33 bits per heavy atom. The van der Waals surface area contributed by atoms with E-state index >= 15 is 0 Å². The van der Waals surface area contributed by atoms with Gasteiger partial charge in [0.05, 0.1) is 6.10 Å². The molecular weight excluding hydrogens is 150 g/mol. The molecule has 2 heteroatoms. The summed E-state index contributed by atoms with van der Waals surface area (Å²) in [4.78, 5) is 2.06. The van der Waals surface area contributed by atoms with Crippen LogP contribution in [0.4, 0.5) is 0 Å². The fourth-order valence-electron chi connectivity index (χ4n) is 2.61. The summed E-state index contributed by atoms with van der Waals surface area (Å²) in [7, 11) is 0. The lowest BCUT2D eigenvalue weighted by molar-refractivity contribution is 0.0520. The van der Waals surface area contributed by atoms with Gasteiger partial charge in [0.2, 0.25) is 0 Å². The van der Waals surface area contributed by atoms with E-state index in [2.05, 4.69) is 10.9 Å². The van der Waals surface area contributed by atoms with Crippen molar-refractivity contribution in [3.05, 3.63) is 0 Å². The van der Waals surface area contributed by atoms with Crippen LogP contribution in [0.5, 0.6) is 0 Å². The van der Waals surface area contributed by atoms with Crippen LogP contribution in [0.3, 0.4) is 0 Å². The van der Waals surface area contributed by atoms with Crippen molar-refractivity contribution >= 4 is 0 Å². The Morgan fingerprint density at radius 3 is 2.92 bits per heavy atom. The van der Waals surface area contributed by atoms with Crippen LogP contribution in [0.2, 0.25) is 0 Å². The van der Waals surface area contributed by atoms with E-state index in [-0.39, 0.29) is 6.10 Å². The number of rotatable bonds is 0. The van der Waals surface area contributed by atoms with Gasteiger partial charge in [-0.15, -0.1) is 0 Å². The Bertz CT molecular complexity index is 208. The van der Waals surface area contributed by atoms with Crippen LogP contribution in [0.1, 0.15) is 25.7 Å². The van der Waals surface area contributed by atoms with Crippen LogP contribution in [0, 0.1) is 18.4 Å². The van der Waals surface area contributed by atoms with E-state index in [9.17, 15) is 5.11 Å². The summed E-state index contributed by atoms with van der Waals surface area (Å²) in [6.07, 6.45) is 9.63. The van der Waals surface area contributed by atoms with Gasteiger partial charge in [0.1, 0.15) is 0 Å². The molecule has 0 amide bonds. The predicted molar refractivity (Wildman–Crippen MR) is 47.3 cm³/mol. The molecule has 0 radical (unpaired) electrons. The minimum Gasteiger partial charge on any atom is -0.393 e. The molecule has 2 fully saturated rings. The summed E-state index contributed by atoms with van der Waals surface area (Å²) in [5.74, 6) is 0.454. The number of hydrogen-bond acceptors (Lipinski definition) is 2. The molecule has 0 aromatic carbocycles. The van der Waals surface area contributed by atoms with Gasteiger partial charge in [-0.25, -0.2) is 0 Å². The third kappa shape index (κ3) is 1.09. The van der Waals surface area contributed by atoms with Crippen LogP contribution < -0.4 is 0 Å². The highest BCUT2D eigenvalue weighted by Gasteiger charge is 2.39. The van der Waals surface area contributed by atoms with Crippen molar-refractivity contribution in [3.8, 4) is 12.5 Å². The zero-order valence-electron chi connectivity index (χ0n) is 7.24. The summed E-state index contributed by atoms with van der Waals surface area (Å²) in [6, 6.07) is 3.18. The van der Waals surface area contributed by atoms with Gasteiger partial charge in [0.15, 0.2) is 0 Å². The van der Waals surface area contributed by atoms with E-state index in [1.165, 1.54) is 6.42 Å². The normalized spacial score (nSPS) is 40.7. The van der Waals surface area contributed by atoms with Crippen molar-refractivity contribution in [2.45, 2.75) is 37.8 Å². The minimum absolute atomic E-state index is 0.0953. The highest BCUT2D eigenvalue weighted by atomic mass is 16.3. The lowest BCUT2D eigenvalue weighted by atomic mass is 9.83. The van der Waals surface area contributed by atoms with E-state index in [1.54, 1.807) is 0 Å². The number of aliphatic hydroxyl groups excluding tert-OH is 1. The summed E-state index contributed by atoms with van der Waals surface area (Å²) in [5.41, 5.74) is 0. The van der Waals surface area contributed by atoms with E-state index in [4.69, 9.17) is 6.42 Å². The van der Waals surface area contributed by atoms with E-state index < -0.39 is 0 Å². The second kappa shape index (κ2) is 2.99. The first-order valence-electron chi connectivity index (χ1n) is 4.74. The number of terminal acetylenes is 1. The molecule has 2 rings (SSSR count). The number of nitrogens with zero attached hydrogens (tertiary/aromatic N) is 1. The molecule has 1 N–H and O–H groups in total. The van der Waals surface area contributed by atoms with Crippen LogP contribution >= 0.6 is 0 Å². The van der Waals surface area contributed by atoms with Gasteiger partial charge in [-0.1, -0.05) is 6.42 Å². The van der Waals surface area contributed by atoms with Crippen molar-refractivity contribution in [3.63, 3.8) is 0 Å². The maximum absolute atomic E-state index is 9.70. The average Bonchev–Trinajstić information content (AvgIpc) is 2.49. The minimum atomic E-state index is -0.0953. The van der Waals surface area contributed by atoms with Gasteiger partial charge >= 0.3 is 0 Å². The van der Waals surface area contributed by atoms with E-state index in [0.717, 1.165) is 25.8 Å². The standard InChI is InChI=1S/C10H15NO/c1-2-11-7-6-8-9(11)4-3-5-10(8)12/h1,8-10,12H,3-7H2/t8-,9-,10+/m1/s1. The van der Waals surface area contributed by atoms with Crippen LogP contribution in [-0.4, -0.2) is 28.7 Å². The molecule has 0 unspecified atom stereocenters. The van der Waals surface area contributed by atoms with Gasteiger partial charge in [0.25, 0.3) is 0 Å². The Labute approximate surface area is 73.6 Å². The molecule has 12 heavy (non-hydrogen) atoms. The molecule has 1 aliphatic heterocycles. The fourth-order valence-corrected chi connectivity index (χ4v) is 2.61. The maximum atomic E-state index is 9.70. The monoisotopic (exact) mass is 165 g/mol. The summed E-state index contributed by atoms with van der Waals surface area (Å²) in [5, 5.41) is 9.70. The quantitative estimate of drug-likeness (QED) is 0.537. The lowest BCUT2D eigenvalue weighted by Crippen LogP contribution is -2.38. The molecule has 1 saturated carbocycles. The molecule has 1 aliphatic carbocycles. The van der Waals surface area contributed by atoms with Crippen LogP contribution in [0.15, 0.2) is 0 Å². The van der Waals surface area contributed by atoms with Gasteiger partial charge in [-0.05, 0) is 25.7 Å². The Kier molecular flexibility index (Phi) is 1.98. The second-order valence-electron chi connectivity index (χ2n) is 3.84. The van der Waals surface area contributed by atoms with Crippen molar-refractivity contribution < 1.29 is 5.11 Å². The van der Waals surface area contributed by atoms with Crippen molar-refractivity contribution in [2.75, 3.05) is 6.54 Å². The summed E-state index contributed by atoms with van der Waals surface area (Å²) >= 11 is 0. The molecule has 0 aromatic rings. The zero-order valence-corrected chi connectivity index (χ0v) is 7.24. The molecule has 2 nitrogen and oxygen atoms in total.